The molecule has 0 aromatic carbocycles. The lowest BCUT2D eigenvalue weighted by Gasteiger charge is -2.24. The van der Waals surface area contributed by atoms with Crippen molar-refractivity contribution < 1.29 is 54.2 Å². The van der Waals surface area contributed by atoms with E-state index in [2.05, 4.69) is 9.47 Å². The lowest BCUT2D eigenvalue weighted by atomic mass is 10.4. The summed E-state index contributed by atoms with van der Waals surface area (Å²) in [6.45, 7) is 0.0789. The third kappa shape index (κ3) is 15.3. The van der Waals surface area contributed by atoms with E-state index >= 15 is 0 Å². The maximum Gasteiger partial charge on any atom is 0.410 e. The Morgan fingerprint density at radius 1 is 0.633 bits per heavy atom. The Hall–Kier alpha value is -2.68. The SMILES string of the molecule is COC(=O)N(CCN(CC(=O)O)C(=O)OC)CC(=O)O.OCCN(CCO)CCO. The zero-order valence-electron chi connectivity index (χ0n) is 17.1. The van der Waals surface area contributed by atoms with Gasteiger partial charge in [0.15, 0.2) is 0 Å². The van der Waals surface area contributed by atoms with Crippen LogP contribution in [-0.2, 0) is 19.1 Å². The van der Waals surface area contributed by atoms with Gasteiger partial charge < -0.3 is 35.0 Å². The van der Waals surface area contributed by atoms with Gasteiger partial charge in [-0.2, -0.15) is 0 Å². The molecular formula is C16H31N3O11. The van der Waals surface area contributed by atoms with Gasteiger partial charge >= 0.3 is 24.1 Å². The molecule has 0 spiro atoms. The highest BCUT2D eigenvalue weighted by atomic mass is 16.5. The van der Waals surface area contributed by atoms with Crippen LogP contribution in [0.3, 0.4) is 0 Å². The summed E-state index contributed by atoms with van der Waals surface area (Å²) in [6, 6.07) is 0. The van der Waals surface area contributed by atoms with E-state index < -0.39 is 37.2 Å². The Labute approximate surface area is 173 Å². The van der Waals surface area contributed by atoms with Crippen molar-refractivity contribution >= 4 is 24.1 Å². The van der Waals surface area contributed by atoms with Gasteiger partial charge in [0.1, 0.15) is 13.1 Å². The minimum atomic E-state index is -1.27. The number of aliphatic hydroxyl groups excluding tert-OH is 3. The Morgan fingerprint density at radius 3 is 1.13 bits per heavy atom. The fourth-order valence-corrected chi connectivity index (χ4v) is 2.06. The summed E-state index contributed by atoms with van der Waals surface area (Å²) in [7, 11) is 2.15. The molecule has 0 aromatic heterocycles. The molecule has 0 aromatic rings. The number of hydrogen-bond acceptors (Lipinski definition) is 10. The van der Waals surface area contributed by atoms with Crippen molar-refractivity contribution in [1.29, 1.82) is 0 Å². The number of amides is 2. The molecule has 0 bridgehead atoms. The first-order chi connectivity index (χ1) is 14.2. The van der Waals surface area contributed by atoms with Crippen molar-refractivity contribution in [2.24, 2.45) is 0 Å². The molecule has 2 amide bonds. The average Bonchev–Trinajstić information content (AvgIpc) is 2.69. The second-order valence-corrected chi connectivity index (χ2v) is 5.58. The van der Waals surface area contributed by atoms with E-state index in [0.29, 0.717) is 19.6 Å². The van der Waals surface area contributed by atoms with Crippen molar-refractivity contribution in [1.82, 2.24) is 14.7 Å². The standard InChI is InChI=1S/C10H16N2O8.C6H15NO3/c1-19-9(17)11(5-7(13)14)3-4-12(6-8(15)16)10(18)20-2;8-4-1-7(2-5-9)3-6-10/h3-6H2,1-2H3,(H,13,14)(H,15,16);8-10H,1-6H2. The monoisotopic (exact) mass is 441 g/mol. The number of aliphatic carboxylic acids is 2. The average molecular weight is 441 g/mol. The van der Waals surface area contributed by atoms with E-state index in [1.54, 1.807) is 4.90 Å². The van der Waals surface area contributed by atoms with E-state index in [-0.39, 0.29) is 32.9 Å². The molecule has 14 nitrogen and oxygen atoms in total. The topological polar surface area (TPSA) is 198 Å². The van der Waals surface area contributed by atoms with Crippen LogP contribution in [0.15, 0.2) is 0 Å². The van der Waals surface area contributed by atoms with Crippen LogP contribution in [0.25, 0.3) is 0 Å². The van der Waals surface area contributed by atoms with Crippen molar-refractivity contribution in [3.8, 4) is 0 Å². The maximum atomic E-state index is 11.3. The summed E-state index contributed by atoms with van der Waals surface area (Å²) in [5.74, 6) is -2.53. The summed E-state index contributed by atoms with van der Waals surface area (Å²) < 4.78 is 8.77. The summed E-state index contributed by atoms with van der Waals surface area (Å²) >= 11 is 0. The number of hydrogen-bond donors (Lipinski definition) is 5. The molecule has 0 aliphatic carbocycles. The predicted octanol–water partition coefficient (Wildman–Crippen LogP) is -2.44. The molecule has 0 rings (SSSR count). The molecule has 0 aliphatic rings. The van der Waals surface area contributed by atoms with E-state index in [1.165, 1.54) is 0 Å². The van der Waals surface area contributed by atoms with Crippen LogP contribution in [0, 0.1) is 0 Å². The van der Waals surface area contributed by atoms with Gasteiger partial charge in [0.05, 0.1) is 34.0 Å². The van der Waals surface area contributed by atoms with Gasteiger partial charge in [0.25, 0.3) is 0 Å². The molecule has 0 unspecified atom stereocenters. The van der Waals surface area contributed by atoms with Crippen LogP contribution in [0.2, 0.25) is 0 Å². The van der Waals surface area contributed by atoms with Gasteiger partial charge in [0, 0.05) is 32.7 Å². The highest BCUT2D eigenvalue weighted by Crippen LogP contribution is 1.98. The Kier molecular flexibility index (Phi) is 18.1. The first-order valence-electron chi connectivity index (χ1n) is 8.81. The van der Waals surface area contributed by atoms with Crippen LogP contribution < -0.4 is 0 Å². The molecule has 0 heterocycles. The quantitative estimate of drug-likeness (QED) is 0.203. The second kappa shape index (κ2) is 18.4. The Bertz CT molecular complexity index is 468. The van der Waals surface area contributed by atoms with Crippen LogP contribution >= 0.6 is 0 Å². The maximum absolute atomic E-state index is 11.3. The molecule has 0 saturated heterocycles. The van der Waals surface area contributed by atoms with Crippen LogP contribution in [0.4, 0.5) is 9.59 Å². The first-order valence-corrected chi connectivity index (χ1v) is 8.81. The molecule has 14 heteroatoms. The molecular weight excluding hydrogens is 410 g/mol. The van der Waals surface area contributed by atoms with Gasteiger partial charge in [0.2, 0.25) is 0 Å². The highest BCUT2D eigenvalue weighted by Gasteiger charge is 2.22. The third-order valence-electron chi connectivity index (χ3n) is 3.41. The number of carboxylic acid groups (broad SMARTS) is 2. The first kappa shape index (κ1) is 29.5. The number of carboxylic acids is 2. The molecule has 0 aliphatic heterocycles. The second-order valence-electron chi connectivity index (χ2n) is 5.58. The minimum Gasteiger partial charge on any atom is -0.480 e. The number of nitrogens with zero attached hydrogens (tertiary/aromatic N) is 3. The van der Waals surface area contributed by atoms with Crippen LogP contribution in [0.1, 0.15) is 0 Å². The Morgan fingerprint density at radius 2 is 0.933 bits per heavy atom. The van der Waals surface area contributed by atoms with Crippen molar-refractivity contribution in [3.63, 3.8) is 0 Å². The zero-order chi connectivity index (χ0) is 23.5. The summed E-state index contributed by atoms with van der Waals surface area (Å²) in [6.07, 6.45) is -1.79. The number of aliphatic hydroxyl groups is 3. The fraction of sp³-hybridized carbons (Fsp3) is 0.750. The van der Waals surface area contributed by atoms with Gasteiger partial charge in [-0.1, -0.05) is 0 Å². The molecule has 5 N–H and O–H groups in total. The third-order valence-corrected chi connectivity index (χ3v) is 3.41. The van der Waals surface area contributed by atoms with Crippen molar-refractivity contribution in [2.45, 2.75) is 0 Å². The van der Waals surface area contributed by atoms with Crippen LogP contribution in [-0.4, -0.2) is 144 Å². The largest absolute Gasteiger partial charge is 0.480 e. The van der Waals surface area contributed by atoms with Gasteiger partial charge in [-0.05, 0) is 0 Å². The minimum absolute atomic E-state index is 0.0694. The van der Waals surface area contributed by atoms with Crippen LogP contribution in [0.5, 0.6) is 0 Å². The van der Waals surface area contributed by atoms with Gasteiger partial charge in [-0.25, -0.2) is 9.59 Å². The van der Waals surface area contributed by atoms with Crippen molar-refractivity contribution in [2.75, 3.05) is 79.9 Å². The summed E-state index contributed by atoms with van der Waals surface area (Å²) in [4.78, 5) is 47.2. The number of rotatable bonds is 13. The van der Waals surface area contributed by atoms with E-state index in [4.69, 9.17) is 25.5 Å². The molecule has 0 atom stereocenters. The molecule has 30 heavy (non-hydrogen) atoms. The Balaban J connectivity index is 0. The normalized spacial score (nSPS) is 9.93. The lowest BCUT2D eigenvalue weighted by molar-refractivity contribution is -0.139. The number of methoxy groups -OCH3 is 2. The van der Waals surface area contributed by atoms with E-state index in [0.717, 1.165) is 24.0 Å². The lowest BCUT2D eigenvalue weighted by Crippen LogP contribution is -2.44. The number of carbonyl (C=O) groups is 4. The number of ether oxygens (including phenoxy) is 2. The predicted molar refractivity (Wildman–Crippen MR) is 101 cm³/mol. The van der Waals surface area contributed by atoms with Crippen molar-refractivity contribution in [3.05, 3.63) is 0 Å². The summed E-state index contributed by atoms with van der Waals surface area (Å²) in [5.41, 5.74) is 0. The molecule has 0 saturated carbocycles. The van der Waals surface area contributed by atoms with Gasteiger partial charge in [-0.3, -0.25) is 24.3 Å². The molecule has 0 fully saturated rings. The van der Waals surface area contributed by atoms with E-state index in [1.807, 2.05) is 0 Å². The molecule has 0 radical (unpaired) electrons. The highest BCUT2D eigenvalue weighted by molar-refractivity contribution is 5.77. The zero-order valence-corrected chi connectivity index (χ0v) is 17.1. The number of carbonyl (C=O) groups excluding carboxylic acids is 2. The van der Waals surface area contributed by atoms with E-state index in [9.17, 15) is 19.2 Å². The van der Waals surface area contributed by atoms with Gasteiger partial charge in [-0.15, -0.1) is 0 Å². The smallest absolute Gasteiger partial charge is 0.410 e. The molecule has 176 valence electrons. The summed E-state index contributed by atoms with van der Waals surface area (Å²) in [5, 5.41) is 42.7. The fourth-order valence-electron chi connectivity index (χ4n) is 2.06.